The predicted molar refractivity (Wildman–Crippen MR) is 74.4 cm³/mol. The van der Waals surface area contributed by atoms with Gasteiger partial charge in [-0.3, -0.25) is 0 Å². The summed E-state index contributed by atoms with van der Waals surface area (Å²) in [4.78, 5) is 3.47. The zero-order valence-corrected chi connectivity index (χ0v) is 11.7. The highest BCUT2D eigenvalue weighted by Crippen LogP contribution is 2.37. The van der Waals surface area contributed by atoms with Crippen LogP contribution in [0.15, 0.2) is 18.2 Å². The SMILES string of the molecule is OC(c1ccc(Cl)s1)c1cc2c(s1)CCCC2. The fraction of sp³-hybridized carbons (Fsp3) is 0.385. The van der Waals surface area contributed by atoms with Crippen molar-refractivity contribution in [2.75, 3.05) is 0 Å². The molecule has 0 spiro atoms. The number of hydrogen-bond donors (Lipinski definition) is 1. The summed E-state index contributed by atoms with van der Waals surface area (Å²) in [6, 6.07) is 5.94. The Labute approximate surface area is 114 Å². The minimum atomic E-state index is -0.497. The van der Waals surface area contributed by atoms with Crippen molar-refractivity contribution < 1.29 is 5.11 Å². The summed E-state index contributed by atoms with van der Waals surface area (Å²) in [7, 11) is 0. The molecule has 0 amide bonds. The molecular weight excluding hydrogens is 272 g/mol. The Balaban J connectivity index is 1.91. The summed E-state index contributed by atoms with van der Waals surface area (Å²) in [5.74, 6) is 0. The van der Waals surface area contributed by atoms with E-state index in [0.29, 0.717) is 0 Å². The number of aliphatic hydroxyl groups excluding tert-OH is 1. The Bertz CT molecular complexity index is 506. The first-order chi connectivity index (χ1) is 8.24. The molecule has 0 saturated carbocycles. The molecule has 0 bridgehead atoms. The Hall–Kier alpha value is -0.350. The summed E-state index contributed by atoms with van der Waals surface area (Å²) < 4.78 is 0.736. The fourth-order valence-electron chi connectivity index (χ4n) is 2.26. The van der Waals surface area contributed by atoms with Gasteiger partial charge in [0.2, 0.25) is 0 Å². The van der Waals surface area contributed by atoms with E-state index in [9.17, 15) is 5.11 Å². The molecule has 2 heterocycles. The highest BCUT2D eigenvalue weighted by atomic mass is 35.5. The lowest BCUT2D eigenvalue weighted by Crippen LogP contribution is -1.96. The maximum absolute atomic E-state index is 10.3. The quantitative estimate of drug-likeness (QED) is 0.865. The molecule has 3 rings (SSSR count). The van der Waals surface area contributed by atoms with Crippen LogP contribution in [-0.2, 0) is 12.8 Å². The van der Waals surface area contributed by atoms with Crippen molar-refractivity contribution in [3.05, 3.63) is 42.7 Å². The van der Waals surface area contributed by atoms with Crippen LogP contribution in [0, 0.1) is 0 Å². The van der Waals surface area contributed by atoms with Gasteiger partial charge in [0.25, 0.3) is 0 Å². The molecule has 1 N–H and O–H groups in total. The second kappa shape index (κ2) is 4.73. The molecule has 2 aromatic heterocycles. The number of fused-ring (bicyclic) bond motifs is 1. The van der Waals surface area contributed by atoms with E-state index in [0.717, 1.165) is 14.1 Å². The first kappa shape index (κ1) is 11.7. The number of halogens is 1. The smallest absolute Gasteiger partial charge is 0.122 e. The number of aryl methyl sites for hydroxylation is 2. The third kappa shape index (κ3) is 2.29. The van der Waals surface area contributed by atoms with E-state index in [4.69, 9.17) is 11.6 Å². The van der Waals surface area contributed by atoms with Crippen molar-refractivity contribution in [2.24, 2.45) is 0 Å². The van der Waals surface area contributed by atoms with Gasteiger partial charge in [0, 0.05) is 14.6 Å². The molecule has 0 fully saturated rings. The van der Waals surface area contributed by atoms with Gasteiger partial charge in [-0.15, -0.1) is 22.7 Å². The lowest BCUT2D eigenvalue weighted by molar-refractivity contribution is 0.228. The second-order valence-electron chi connectivity index (χ2n) is 4.35. The Morgan fingerprint density at radius 3 is 2.65 bits per heavy atom. The molecule has 17 heavy (non-hydrogen) atoms. The van der Waals surface area contributed by atoms with Gasteiger partial charge in [-0.1, -0.05) is 11.6 Å². The maximum atomic E-state index is 10.3. The van der Waals surface area contributed by atoms with Crippen molar-refractivity contribution in [1.82, 2.24) is 0 Å². The fourth-order valence-corrected chi connectivity index (χ4v) is 4.67. The predicted octanol–water partition coefficient (Wildman–Crippen LogP) is 4.42. The molecular formula is C13H13ClOS2. The Kier molecular flexibility index (Phi) is 3.26. The molecule has 2 aromatic rings. The lowest BCUT2D eigenvalue weighted by atomic mass is 9.99. The van der Waals surface area contributed by atoms with Crippen LogP contribution in [0.4, 0.5) is 0 Å². The van der Waals surface area contributed by atoms with E-state index in [-0.39, 0.29) is 0 Å². The average molecular weight is 285 g/mol. The molecule has 4 heteroatoms. The Morgan fingerprint density at radius 1 is 1.12 bits per heavy atom. The molecule has 0 aliphatic heterocycles. The minimum absolute atomic E-state index is 0.497. The van der Waals surface area contributed by atoms with E-state index < -0.39 is 6.10 Å². The van der Waals surface area contributed by atoms with Crippen LogP contribution in [0.25, 0.3) is 0 Å². The molecule has 1 nitrogen and oxygen atoms in total. The van der Waals surface area contributed by atoms with Gasteiger partial charge < -0.3 is 5.11 Å². The van der Waals surface area contributed by atoms with Crippen LogP contribution in [-0.4, -0.2) is 5.11 Å². The number of aliphatic hydroxyl groups is 1. The molecule has 90 valence electrons. The van der Waals surface area contributed by atoms with Crippen molar-refractivity contribution in [3.63, 3.8) is 0 Å². The molecule has 1 aliphatic carbocycles. The van der Waals surface area contributed by atoms with E-state index in [2.05, 4.69) is 6.07 Å². The average Bonchev–Trinajstić information content (AvgIpc) is 2.93. The zero-order valence-electron chi connectivity index (χ0n) is 9.28. The van der Waals surface area contributed by atoms with Crippen LogP contribution in [0.1, 0.15) is 39.1 Å². The number of rotatable bonds is 2. The van der Waals surface area contributed by atoms with Gasteiger partial charge in [0.15, 0.2) is 0 Å². The molecule has 1 unspecified atom stereocenters. The van der Waals surface area contributed by atoms with Gasteiger partial charge in [0.1, 0.15) is 6.10 Å². The highest BCUT2D eigenvalue weighted by Gasteiger charge is 2.19. The first-order valence-electron chi connectivity index (χ1n) is 5.79. The molecule has 0 aromatic carbocycles. The summed E-state index contributed by atoms with van der Waals surface area (Å²) in [6.45, 7) is 0. The molecule has 1 aliphatic rings. The Morgan fingerprint density at radius 2 is 1.94 bits per heavy atom. The second-order valence-corrected chi connectivity index (χ2v) is 7.26. The third-order valence-corrected chi connectivity index (χ3v) is 5.72. The summed E-state index contributed by atoms with van der Waals surface area (Å²) in [5.41, 5.74) is 1.44. The molecule has 1 atom stereocenters. The largest absolute Gasteiger partial charge is 0.382 e. The van der Waals surface area contributed by atoms with Crippen LogP contribution in [0.2, 0.25) is 4.34 Å². The van der Waals surface area contributed by atoms with Crippen LogP contribution in [0.5, 0.6) is 0 Å². The monoisotopic (exact) mass is 284 g/mol. The zero-order chi connectivity index (χ0) is 11.8. The first-order valence-corrected chi connectivity index (χ1v) is 7.80. The van der Waals surface area contributed by atoms with E-state index in [1.807, 2.05) is 12.1 Å². The van der Waals surface area contributed by atoms with Gasteiger partial charge in [-0.2, -0.15) is 0 Å². The highest BCUT2D eigenvalue weighted by molar-refractivity contribution is 7.16. The summed E-state index contributed by atoms with van der Waals surface area (Å²) >= 11 is 9.12. The number of thiophene rings is 2. The summed E-state index contributed by atoms with van der Waals surface area (Å²) in [6.07, 6.45) is 4.42. The van der Waals surface area contributed by atoms with Crippen molar-refractivity contribution in [1.29, 1.82) is 0 Å². The third-order valence-electron chi connectivity index (χ3n) is 3.15. The summed E-state index contributed by atoms with van der Waals surface area (Å²) in [5, 5.41) is 10.3. The topological polar surface area (TPSA) is 20.2 Å². The van der Waals surface area contributed by atoms with Gasteiger partial charge in [-0.05, 0) is 49.4 Å². The van der Waals surface area contributed by atoms with Crippen LogP contribution >= 0.6 is 34.3 Å². The van der Waals surface area contributed by atoms with E-state index in [1.165, 1.54) is 47.5 Å². The van der Waals surface area contributed by atoms with Crippen molar-refractivity contribution in [2.45, 2.75) is 31.8 Å². The standard InChI is InChI=1S/C13H13ClOS2/c14-12-6-5-10(17-12)13(15)11-7-8-3-1-2-4-9(8)16-11/h5-7,13,15H,1-4H2. The molecule has 0 saturated heterocycles. The lowest BCUT2D eigenvalue weighted by Gasteiger charge is -2.08. The maximum Gasteiger partial charge on any atom is 0.122 e. The normalized spacial score (nSPS) is 16.8. The van der Waals surface area contributed by atoms with Gasteiger partial charge >= 0.3 is 0 Å². The minimum Gasteiger partial charge on any atom is -0.382 e. The van der Waals surface area contributed by atoms with Crippen LogP contribution in [0.3, 0.4) is 0 Å². The van der Waals surface area contributed by atoms with Crippen molar-refractivity contribution in [3.8, 4) is 0 Å². The van der Waals surface area contributed by atoms with Crippen molar-refractivity contribution >= 4 is 34.3 Å². The van der Waals surface area contributed by atoms with Gasteiger partial charge in [0.05, 0.1) is 4.34 Å². The molecule has 0 radical (unpaired) electrons. The number of hydrogen-bond acceptors (Lipinski definition) is 3. The van der Waals surface area contributed by atoms with Crippen LogP contribution < -0.4 is 0 Å². The van der Waals surface area contributed by atoms with Gasteiger partial charge in [-0.25, -0.2) is 0 Å². The van der Waals surface area contributed by atoms with E-state index >= 15 is 0 Å². The van der Waals surface area contributed by atoms with E-state index in [1.54, 1.807) is 11.3 Å².